The standard InChI is InChI=1S/C12H24O2Si/c1-12(2,3)15(4,5)14-11-9-7-6-8-10(11)13/h6-7,10-11,13H,8-9H2,1-5H3/t10-,11+/m1/s1. The van der Waals surface area contributed by atoms with Gasteiger partial charge in [0.2, 0.25) is 0 Å². The third kappa shape index (κ3) is 3.16. The van der Waals surface area contributed by atoms with Crippen molar-refractivity contribution in [3.8, 4) is 0 Å². The van der Waals surface area contributed by atoms with Crippen LogP contribution >= 0.6 is 0 Å². The molecule has 0 saturated carbocycles. The normalized spacial score (nSPS) is 28.1. The van der Waals surface area contributed by atoms with Crippen LogP contribution < -0.4 is 0 Å². The summed E-state index contributed by atoms with van der Waals surface area (Å²) in [4.78, 5) is 0. The Morgan fingerprint density at radius 3 is 2.20 bits per heavy atom. The lowest BCUT2D eigenvalue weighted by Crippen LogP contribution is -2.47. The molecule has 2 nitrogen and oxygen atoms in total. The van der Waals surface area contributed by atoms with Crippen LogP contribution in [0.15, 0.2) is 12.2 Å². The summed E-state index contributed by atoms with van der Waals surface area (Å²) < 4.78 is 6.19. The Balaban J connectivity index is 2.64. The fourth-order valence-corrected chi connectivity index (χ4v) is 2.82. The van der Waals surface area contributed by atoms with Gasteiger partial charge in [0.05, 0.1) is 12.2 Å². The predicted molar refractivity (Wildman–Crippen MR) is 66.5 cm³/mol. The van der Waals surface area contributed by atoms with E-state index in [0.29, 0.717) is 0 Å². The molecule has 1 aliphatic rings. The maximum absolute atomic E-state index is 9.84. The molecule has 1 N–H and O–H groups in total. The fraction of sp³-hybridized carbons (Fsp3) is 0.833. The highest BCUT2D eigenvalue weighted by Gasteiger charge is 2.40. The van der Waals surface area contributed by atoms with Crippen LogP contribution in [-0.2, 0) is 4.43 Å². The first kappa shape index (κ1) is 12.9. The van der Waals surface area contributed by atoms with Crippen LogP contribution in [0.3, 0.4) is 0 Å². The molecule has 1 aliphatic carbocycles. The Labute approximate surface area is 94.5 Å². The predicted octanol–water partition coefficient (Wildman–Crippen LogP) is 3.09. The van der Waals surface area contributed by atoms with Crippen molar-refractivity contribution in [2.45, 2.75) is 64.0 Å². The average molecular weight is 228 g/mol. The molecule has 1 rings (SSSR count). The van der Waals surface area contributed by atoms with Crippen LogP contribution in [0.5, 0.6) is 0 Å². The number of aliphatic hydroxyl groups is 1. The summed E-state index contributed by atoms with van der Waals surface area (Å²) in [6, 6.07) is 0. The molecule has 0 unspecified atom stereocenters. The molecule has 0 heterocycles. The van der Waals surface area contributed by atoms with E-state index in [1.165, 1.54) is 0 Å². The molecule has 0 spiro atoms. The van der Waals surface area contributed by atoms with Crippen LogP contribution in [0.25, 0.3) is 0 Å². The maximum Gasteiger partial charge on any atom is 0.192 e. The number of rotatable bonds is 2. The highest BCUT2D eigenvalue weighted by molar-refractivity contribution is 6.74. The topological polar surface area (TPSA) is 29.5 Å². The minimum Gasteiger partial charge on any atom is -0.411 e. The molecule has 0 amide bonds. The second kappa shape index (κ2) is 4.40. The molecule has 88 valence electrons. The second-order valence-corrected chi connectivity index (χ2v) is 10.7. The van der Waals surface area contributed by atoms with E-state index in [0.717, 1.165) is 12.8 Å². The highest BCUT2D eigenvalue weighted by Crippen LogP contribution is 2.38. The van der Waals surface area contributed by atoms with Gasteiger partial charge in [-0.15, -0.1) is 0 Å². The zero-order valence-corrected chi connectivity index (χ0v) is 11.6. The Morgan fingerprint density at radius 1 is 1.20 bits per heavy atom. The van der Waals surface area contributed by atoms with Crippen molar-refractivity contribution in [2.75, 3.05) is 0 Å². The van der Waals surface area contributed by atoms with Gasteiger partial charge in [0.1, 0.15) is 0 Å². The van der Waals surface area contributed by atoms with Crippen LogP contribution in [0.2, 0.25) is 18.1 Å². The first-order valence-corrected chi connectivity index (χ1v) is 8.66. The van der Waals surface area contributed by atoms with E-state index >= 15 is 0 Å². The second-order valence-electron chi connectivity index (χ2n) is 5.93. The quantitative estimate of drug-likeness (QED) is 0.581. The van der Waals surface area contributed by atoms with Crippen molar-refractivity contribution in [3.05, 3.63) is 12.2 Å². The fourth-order valence-electron chi connectivity index (χ4n) is 1.46. The zero-order chi connectivity index (χ0) is 11.7. The van der Waals surface area contributed by atoms with E-state index < -0.39 is 8.32 Å². The van der Waals surface area contributed by atoms with Gasteiger partial charge in [-0.2, -0.15) is 0 Å². The Bertz CT molecular complexity index is 240. The minimum atomic E-state index is -1.73. The molecule has 2 atom stereocenters. The molecule has 3 heteroatoms. The van der Waals surface area contributed by atoms with Gasteiger partial charge in [-0.3, -0.25) is 0 Å². The first-order chi connectivity index (χ1) is 6.74. The molecule has 0 radical (unpaired) electrons. The van der Waals surface area contributed by atoms with E-state index in [9.17, 15) is 5.11 Å². The Kier molecular flexibility index (Phi) is 3.79. The number of hydrogen-bond acceptors (Lipinski definition) is 2. The van der Waals surface area contributed by atoms with Crippen molar-refractivity contribution < 1.29 is 9.53 Å². The number of hydrogen-bond donors (Lipinski definition) is 1. The van der Waals surface area contributed by atoms with Gasteiger partial charge in [-0.05, 0) is 31.0 Å². The molecule has 0 saturated heterocycles. The molecule has 0 aliphatic heterocycles. The molecular formula is C12H24O2Si. The molecule has 0 aromatic carbocycles. The number of aliphatic hydroxyl groups excluding tert-OH is 1. The van der Waals surface area contributed by atoms with Crippen LogP contribution in [0.1, 0.15) is 33.6 Å². The highest BCUT2D eigenvalue weighted by atomic mass is 28.4. The largest absolute Gasteiger partial charge is 0.411 e. The average Bonchev–Trinajstić information content (AvgIpc) is 2.06. The third-order valence-corrected chi connectivity index (χ3v) is 8.10. The van der Waals surface area contributed by atoms with E-state index in [-0.39, 0.29) is 17.2 Å². The molecule has 15 heavy (non-hydrogen) atoms. The molecular weight excluding hydrogens is 204 g/mol. The third-order valence-electron chi connectivity index (χ3n) is 3.59. The molecule has 0 fully saturated rings. The Morgan fingerprint density at radius 2 is 1.73 bits per heavy atom. The van der Waals surface area contributed by atoms with Gasteiger partial charge in [-0.1, -0.05) is 32.9 Å². The summed E-state index contributed by atoms with van der Waals surface area (Å²) in [6.07, 6.45) is 5.44. The van der Waals surface area contributed by atoms with E-state index in [1.54, 1.807) is 0 Å². The van der Waals surface area contributed by atoms with E-state index in [2.05, 4.69) is 39.9 Å². The lowest BCUT2D eigenvalue weighted by Gasteiger charge is -2.40. The lowest BCUT2D eigenvalue weighted by atomic mass is 10.0. The van der Waals surface area contributed by atoms with Gasteiger partial charge in [0, 0.05) is 0 Å². The van der Waals surface area contributed by atoms with Crippen molar-refractivity contribution in [1.82, 2.24) is 0 Å². The lowest BCUT2D eigenvalue weighted by molar-refractivity contribution is 0.0269. The van der Waals surface area contributed by atoms with E-state index in [1.807, 2.05) is 6.08 Å². The van der Waals surface area contributed by atoms with Gasteiger partial charge in [0.25, 0.3) is 0 Å². The first-order valence-electron chi connectivity index (χ1n) is 5.75. The summed E-state index contributed by atoms with van der Waals surface area (Å²) in [7, 11) is -1.73. The molecule has 0 aromatic heterocycles. The summed E-state index contributed by atoms with van der Waals surface area (Å²) in [5.41, 5.74) is 0. The van der Waals surface area contributed by atoms with Crippen LogP contribution in [0.4, 0.5) is 0 Å². The van der Waals surface area contributed by atoms with Crippen molar-refractivity contribution in [2.24, 2.45) is 0 Å². The van der Waals surface area contributed by atoms with Gasteiger partial charge in [0.15, 0.2) is 8.32 Å². The van der Waals surface area contributed by atoms with Crippen LogP contribution in [-0.4, -0.2) is 25.6 Å². The SMILES string of the molecule is CC(C)(C)[Si](C)(C)O[C@H]1CC=CC[C@H]1O. The van der Waals surface area contributed by atoms with Gasteiger partial charge >= 0.3 is 0 Å². The monoisotopic (exact) mass is 228 g/mol. The van der Waals surface area contributed by atoms with Gasteiger partial charge < -0.3 is 9.53 Å². The summed E-state index contributed by atoms with van der Waals surface area (Å²) >= 11 is 0. The van der Waals surface area contributed by atoms with Crippen molar-refractivity contribution in [1.29, 1.82) is 0 Å². The summed E-state index contributed by atoms with van der Waals surface area (Å²) in [5, 5.41) is 10.1. The molecule has 0 bridgehead atoms. The summed E-state index contributed by atoms with van der Waals surface area (Å²) in [5.74, 6) is 0. The minimum absolute atomic E-state index is 0.0101. The zero-order valence-electron chi connectivity index (χ0n) is 10.6. The van der Waals surface area contributed by atoms with Gasteiger partial charge in [-0.25, -0.2) is 0 Å². The van der Waals surface area contributed by atoms with Crippen LogP contribution in [0, 0.1) is 0 Å². The maximum atomic E-state index is 9.84. The van der Waals surface area contributed by atoms with E-state index in [4.69, 9.17) is 4.43 Å². The van der Waals surface area contributed by atoms with Crippen molar-refractivity contribution in [3.63, 3.8) is 0 Å². The molecule has 0 aromatic rings. The smallest absolute Gasteiger partial charge is 0.192 e. The summed E-state index contributed by atoms with van der Waals surface area (Å²) in [6.45, 7) is 11.1. The van der Waals surface area contributed by atoms with Crippen molar-refractivity contribution >= 4 is 8.32 Å². The Hall–Kier alpha value is -0.123.